The van der Waals surface area contributed by atoms with Crippen LogP contribution in [0.25, 0.3) is 0 Å². The first-order valence-corrected chi connectivity index (χ1v) is 15.0. The first kappa shape index (κ1) is 28.8. The van der Waals surface area contributed by atoms with Crippen molar-refractivity contribution in [3.63, 3.8) is 0 Å². The molecule has 1 heterocycles. The van der Waals surface area contributed by atoms with E-state index in [-0.39, 0.29) is 23.0 Å². The molecule has 35 heavy (non-hydrogen) atoms. The van der Waals surface area contributed by atoms with Crippen molar-refractivity contribution in [2.24, 2.45) is 5.92 Å². The first-order chi connectivity index (χ1) is 16.3. The van der Waals surface area contributed by atoms with E-state index in [0.717, 1.165) is 5.56 Å². The lowest BCUT2D eigenvalue weighted by molar-refractivity contribution is -0.154. The minimum atomic E-state index is -1.93. The van der Waals surface area contributed by atoms with Crippen molar-refractivity contribution in [2.45, 2.75) is 84.6 Å². The lowest BCUT2D eigenvalue weighted by Crippen LogP contribution is -2.40. The summed E-state index contributed by atoms with van der Waals surface area (Å²) in [6.07, 6.45) is 0.681. The number of hydrogen-bond acceptors (Lipinski definition) is 6. The third-order valence-corrected chi connectivity index (χ3v) is 11.0. The number of hydrogen-bond donors (Lipinski definition) is 0. The van der Waals surface area contributed by atoms with E-state index in [1.54, 1.807) is 25.1 Å². The highest BCUT2D eigenvalue weighted by Crippen LogP contribution is 2.37. The average Bonchev–Trinajstić information content (AvgIpc) is 3.26. The molecular weight excluding hydrogens is 460 g/mol. The second kappa shape index (κ2) is 12.5. The molecule has 192 valence electrons. The lowest BCUT2D eigenvalue weighted by Gasteiger charge is -2.35. The van der Waals surface area contributed by atoms with Crippen LogP contribution in [0.1, 0.15) is 62.9 Å². The van der Waals surface area contributed by atoms with Gasteiger partial charge in [-0.1, -0.05) is 64.1 Å². The zero-order chi connectivity index (χ0) is 26.2. The first-order valence-electron chi connectivity index (χ1n) is 12.1. The third kappa shape index (κ3) is 8.60. The van der Waals surface area contributed by atoms with Crippen molar-refractivity contribution in [3.05, 3.63) is 72.2 Å². The van der Waals surface area contributed by atoms with Gasteiger partial charge in [0.2, 0.25) is 5.78 Å². The number of rotatable bonds is 13. The maximum absolute atomic E-state index is 13.1. The van der Waals surface area contributed by atoms with Crippen molar-refractivity contribution in [1.82, 2.24) is 0 Å². The molecule has 7 heteroatoms. The number of carbonyl (C=O) groups excluding carboxylic acids is 2. The van der Waals surface area contributed by atoms with E-state index in [1.165, 1.54) is 6.92 Å². The Morgan fingerprint density at radius 3 is 2.31 bits per heavy atom. The second-order valence-corrected chi connectivity index (χ2v) is 15.3. The summed E-state index contributed by atoms with van der Waals surface area (Å²) in [5.41, 5.74) is 0.994. The Hall–Kier alpha value is -2.48. The molecule has 0 aliphatic carbocycles. The molecule has 0 fully saturated rings. The molecule has 0 N–H and O–H groups in total. The highest BCUT2D eigenvalue weighted by atomic mass is 28.4. The molecule has 6 nitrogen and oxygen atoms in total. The molecule has 1 aromatic carbocycles. The number of ketones is 1. The van der Waals surface area contributed by atoms with Gasteiger partial charge >= 0.3 is 5.97 Å². The number of ether oxygens (including phenoxy) is 2. The third-order valence-electron chi connectivity index (χ3n) is 6.52. The molecule has 3 atom stereocenters. The average molecular weight is 501 g/mol. The van der Waals surface area contributed by atoms with E-state index in [1.807, 2.05) is 30.3 Å². The molecule has 0 spiro atoms. The van der Waals surface area contributed by atoms with Gasteiger partial charge < -0.3 is 18.3 Å². The maximum Gasteiger partial charge on any atom is 0.303 e. The van der Waals surface area contributed by atoms with Crippen molar-refractivity contribution in [2.75, 3.05) is 0 Å². The summed E-state index contributed by atoms with van der Waals surface area (Å²) in [5, 5.41) is 0.0861. The second-order valence-electron chi connectivity index (χ2n) is 10.5. The minimum Gasteiger partial charge on any atom is -0.459 e. The Balaban J connectivity index is 2.04. The van der Waals surface area contributed by atoms with E-state index >= 15 is 0 Å². The Bertz CT molecular complexity index is 973. The molecule has 0 amide bonds. The molecule has 0 aliphatic heterocycles. The Morgan fingerprint density at radius 2 is 1.74 bits per heavy atom. The van der Waals surface area contributed by atoms with Crippen molar-refractivity contribution in [1.29, 1.82) is 0 Å². The number of Topliss-reactive ketones (excluding diaryl/α,β-unsaturated/α-hetero) is 1. The molecule has 0 saturated heterocycles. The predicted octanol–water partition coefficient (Wildman–Crippen LogP) is 6.71. The zero-order valence-corrected chi connectivity index (χ0v) is 23.1. The van der Waals surface area contributed by atoms with E-state index in [0.29, 0.717) is 19.0 Å². The molecule has 1 aromatic heterocycles. The summed E-state index contributed by atoms with van der Waals surface area (Å²) in [6, 6.07) is 13.2. The molecular formula is C28H40O6Si. The van der Waals surface area contributed by atoms with Crippen LogP contribution in [0.3, 0.4) is 0 Å². The van der Waals surface area contributed by atoms with E-state index in [4.69, 9.17) is 18.3 Å². The highest BCUT2D eigenvalue weighted by molar-refractivity contribution is 6.74. The van der Waals surface area contributed by atoms with Crippen LogP contribution in [0.5, 0.6) is 0 Å². The fraction of sp³-hybridized carbons (Fsp3) is 0.500. The van der Waals surface area contributed by atoms with Crippen LogP contribution in [-0.4, -0.2) is 32.3 Å². The summed E-state index contributed by atoms with van der Waals surface area (Å²) in [7, 11) is -1.93. The Kier molecular flexibility index (Phi) is 10.2. The van der Waals surface area contributed by atoms with Gasteiger partial charge in [0.05, 0.1) is 13.2 Å². The van der Waals surface area contributed by atoms with Crippen LogP contribution in [0.4, 0.5) is 0 Å². The predicted molar refractivity (Wildman–Crippen MR) is 140 cm³/mol. The van der Waals surface area contributed by atoms with Gasteiger partial charge in [-0.15, -0.1) is 6.58 Å². The molecule has 2 rings (SSSR count). The standard InChI is InChI=1S/C28H40O6Si/c1-9-24(31-18-22-13-11-10-12-14-22)26(33-21(3)29)17-20(2)27(30)25-16-15-23(34-25)19-32-35(7,8)28(4,5)6/h9-16,20,24,26H,1,17-19H2,2-8H3/t20-,24-,26+/m1/s1. The van der Waals surface area contributed by atoms with Gasteiger partial charge in [0.25, 0.3) is 0 Å². The SMILES string of the molecule is C=C[C@@H](OCc1ccccc1)[C@H](C[C@@H](C)C(=O)c1ccc(CO[Si](C)(C)C(C)(C)C)o1)OC(C)=O. The number of furan rings is 1. The Morgan fingerprint density at radius 1 is 1.09 bits per heavy atom. The smallest absolute Gasteiger partial charge is 0.303 e. The van der Waals surface area contributed by atoms with Gasteiger partial charge in [-0.2, -0.15) is 0 Å². The summed E-state index contributed by atoms with van der Waals surface area (Å²) >= 11 is 0. The number of carbonyl (C=O) groups is 2. The van der Waals surface area contributed by atoms with E-state index in [2.05, 4.69) is 40.4 Å². The van der Waals surface area contributed by atoms with Crippen molar-refractivity contribution < 1.29 is 27.9 Å². The number of benzene rings is 1. The number of esters is 1. The quantitative estimate of drug-likeness (QED) is 0.132. The normalized spacial score (nSPS) is 14.7. The fourth-order valence-corrected chi connectivity index (χ4v) is 4.25. The molecule has 0 unspecified atom stereocenters. The topological polar surface area (TPSA) is 75.0 Å². The lowest BCUT2D eigenvalue weighted by atomic mass is 9.94. The van der Waals surface area contributed by atoms with Crippen LogP contribution >= 0.6 is 0 Å². The van der Waals surface area contributed by atoms with E-state index in [9.17, 15) is 9.59 Å². The van der Waals surface area contributed by atoms with Gasteiger partial charge in [0.1, 0.15) is 18.0 Å². The van der Waals surface area contributed by atoms with Crippen molar-refractivity contribution in [3.8, 4) is 0 Å². The zero-order valence-electron chi connectivity index (χ0n) is 22.1. The van der Waals surface area contributed by atoms with Crippen molar-refractivity contribution >= 4 is 20.1 Å². The molecule has 0 bridgehead atoms. The maximum atomic E-state index is 13.1. The van der Waals surface area contributed by atoms with Crippen LogP contribution in [0.2, 0.25) is 18.1 Å². The van der Waals surface area contributed by atoms with Gasteiger partial charge in [0.15, 0.2) is 14.1 Å². The molecule has 0 saturated carbocycles. The van der Waals surface area contributed by atoms with Gasteiger partial charge in [-0.05, 0) is 42.2 Å². The molecule has 0 radical (unpaired) electrons. The summed E-state index contributed by atoms with van der Waals surface area (Å²) < 4.78 is 23.5. The van der Waals surface area contributed by atoms with Gasteiger partial charge in [0, 0.05) is 12.8 Å². The largest absolute Gasteiger partial charge is 0.459 e. The van der Waals surface area contributed by atoms with Gasteiger partial charge in [-0.3, -0.25) is 9.59 Å². The molecule has 2 aromatic rings. The summed E-state index contributed by atoms with van der Waals surface area (Å²) in [5.74, 6) is -0.160. The van der Waals surface area contributed by atoms with Crippen LogP contribution in [-0.2, 0) is 31.9 Å². The monoisotopic (exact) mass is 500 g/mol. The summed E-state index contributed by atoms with van der Waals surface area (Å²) in [6.45, 7) is 18.5. The van der Waals surface area contributed by atoms with Crippen LogP contribution in [0.15, 0.2) is 59.5 Å². The molecule has 0 aliphatic rings. The minimum absolute atomic E-state index is 0.0861. The van der Waals surface area contributed by atoms with E-state index < -0.39 is 32.4 Å². The fourth-order valence-electron chi connectivity index (χ4n) is 3.31. The van der Waals surface area contributed by atoms with Gasteiger partial charge in [-0.25, -0.2) is 0 Å². The van der Waals surface area contributed by atoms with Crippen LogP contribution < -0.4 is 0 Å². The highest BCUT2D eigenvalue weighted by Gasteiger charge is 2.37. The van der Waals surface area contributed by atoms with Crippen LogP contribution in [0, 0.1) is 5.92 Å². The Labute approximate surface area is 210 Å². The summed E-state index contributed by atoms with van der Waals surface area (Å²) in [4.78, 5) is 24.9.